The topological polar surface area (TPSA) is 43.4 Å². The van der Waals surface area contributed by atoms with Crippen molar-refractivity contribution in [3.63, 3.8) is 0 Å². The number of Topliss-reactive ketones (excluding diaryl/α,β-unsaturated/α-hetero) is 1. The van der Waals surface area contributed by atoms with Crippen LogP contribution in [0.1, 0.15) is 29.3 Å². The highest BCUT2D eigenvalue weighted by Gasteiger charge is 2.63. The van der Waals surface area contributed by atoms with Crippen LogP contribution < -0.4 is 0 Å². The molecule has 1 aliphatic rings. The van der Waals surface area contributed by atoms with E-state index in [0.29, 0.717) is 12.0 Å². The Labute approximate surface area is 111 Å². The maximum Gasteiger partial charge on any atom is 0.327 e. The van der Waals surface area contributed by atoms with Gasteiger partial charge in [0.25, 0.3) is 0 Å². The van der Waals surface area contributed by atoms with Gasteiger partial charge in [0.15, 0.2) is 10.7 Å². The number of rotatable bonds is 4. The molecule has 18 heavy (non-hydrogen) atoms. The van der Waals surface area contributed by atoms with E-state index in [1.54, 1.807) is 19.1 Å². The molecule has 0 unspecified atom stereocenters. The molecule has 0 saturated heterocycles. The van der Waals surface area contributed by atoms with E-state index in [1.165, 1.54) is 0 Å². The number of hydrogen-bond donors (Lipinski definition) is 0. The molecule has 1 aromatic carbocycles. The van der Waals surface area contributed by atoms with Gasteiger partial charge in [-0.2, -0.15) is 0 Å². The molecule has 1 aromatic rings. The molecule has 1 saturated carbocycles. The lowest BCUT2D eigenvalue weighted by Crippen LogP contribution is -2.24. The van der Waals surface area contributed by atoms with Gasteiger partial charge in [-0.25, -0.2) is 0 Å². The van der Waals surface area contributed by atoms with E-state index in [1.807, 2.05) is 19.1 Å². The molecule has 0 amide bonds. The van der Waals surface area contributed by atoms with Crippen LogP contribution in [0.3, 0.4) is 0 Å². The molecule has 2 atom stereocenters. The highest BCUT2D eigenvalue weighted by atomic mass is 35.5. The summed E-state index contributed by atoms with van der Waals surface area (Å²) in [5.41, 5.74) is 1.68. The SMILES string of the molecule is CCOC(=O)[C@]1(Cl)C[C@H]1C(=O)c1ccc(C)cc1. The fourth-order valence-electron chi connectivity index (χ4n) is 1.93. The first-order valence-electron chi connectivity index (χ1n) is 5.96. The lowest BCUT2D eigenvalue weighted by Gasteiger charge is -2.07. The number of alkyl halides is 1. The zero-order valence-electron chi connectivity index (χ0n) is 10.4. The van der Waals surface area contributed by atoms with Gasteiger partial charge in [0, 0.05) is 5.56 Å². The van der Waals surface area contributed by atoms with Crippen LogP contribution >= 0.6 is 11.6 Å². The smallest absolute Gasteiger partial charge is 0.327 e. The Kier molecular flexibility index (Phi) is 3.44. The van der Waals surface area contributed by atoms with Gasteiger partial charge in [0.2, 0.25) is 0 Å². The number of hydrogen-bond acceptors (Lipinski definition) is 3. The second-order valence-electron chi connectivity index (χ2n) is 4.57. The third-order valence-electron chi connectivity index (χ3n) is 3.16. The largest absolute Gasteiger partial charge is 0.465 e. The van der Waals surface area contributed by atoms with Crippen LogP contribution in [0.5, 0.6) is 0 Å². The van der Waals surface area contributed by atoms with E-state index in [4.69, 9.17) is 16.3 Å². The van der Waals surface area contributed by atoms with Crippen LogP contribution in [0.15, 0.2) is 24.3 Å². The summed E-state index contributed by atoms with van der Waals surface area (Å²) in [5, 5.41) is 0. The number of aryl methyl sites for hydroxylation is 1. The second-order valence-corrected chi connectivity index (χ2v) is 5.24. The van der Waals surface area contributed by atoms with Crippen LogP contribution in [0.25, 0.3) is 0 Å². The molecule has 0 aliphatic heterocycles. The van der Waals surface area contributed by atoms with Crippen LogP contribution in [-0.2, 0) is 9.53 Å². The lowest BCUT2D eigenvalue weighted by molar-refractivity contribution is -0.143. The summed E-state index contributed by atoms with van der Waals surface area (Å²) in [6.07, 6.45) is 0.361. The number of ether oxygens (including phenoxy) is 1. The predicted octanol–water partition coefficient (Wildman–Crippen LogP) is 2.74. The number of esters is 1. The van der Waals surface area contributed by atoms with Gasteiger partial charge in [0.05, 0.1) is 12.5 Å². The van der Waals surface area contributed by atoms with Gasteiger partial charge in [-0.1, -0.05) is 29.8 Å². The number of carbonyl (C=O) groups excluding carboxylic acids is 2. The third-order valence-corrected chi connectivity index (χ3v) is 3.73. The van der Waals surface area contributed by atoms with Crippen molar-refractivity contribution in [2.45, 2.75) is 25.1 Å². The Balaban J connectivity index is 2.09. The number of carbonyl (C=O) groups is 2. The normalized spacial score (nSPS) is 25.6. The van der Waals surface area contributed by atoms with Crippen molar-refractivity contribution >= 4 is 23.4 Å². The molecule has 1 aliphatic carbocycles. The lowest BCUT2D eigenvalue weighted by atomic mass is 10.0. The Morgan fingerprint density at radius 3 is 2.56 bits per heavy atom. The maximum absolute atomic E-state index is 12.2. The Bertz CT molecular complexity index is 480. The number of benzene rings is 1. The van der Waals surface area contributed by atoms with Crippen molar-refractivity contribution in [3.05, 3.63) is 35.4 Å². The van der Waals surface area contributed by atoms with E-state index in [9.17, 15) is 9.59 Å². The van der Waals surface area contributed by atoms with Crippen LogP contribution in [0.2, 0.25) is 0 Å². The van der Waals surface area contributed by atoms with Gasteiger partial charge in [0.1, 0.15) is 0 Å². The molecule has 0 bridgehead atoms. The van der Waals surface area contributed by atoms with Crippen LogP contribution in [0, 0.1) is 12.8 Å². The summed E-state index contributed by atoms with van der Waals surface area (Å²) >= 11 is 6.12. The molecule has 1 fully saturated rings. The Morgan fingerprint density at radius 1 is 1.39 bits per heavy atom. The molecule has 96 valence electrons. The second kappa shape index (κ2) is 4.73. The Hall–Kier alpha value is -1.35. The fraction of sp³-hybridized carbons (Fsp3) is 0.429. The molecule has 3 nitrogen and oxygen atoms in total. The van der Waals surface area contributed by atoms with E-state index in [0.717, 1.165) is 5.56 Å². The monoisotopic (exact) mass is 266 g/mol. The average Bonchev–Trinajstić information content (AvgIpc) is 3.04. The van der Waals surface area contributed by atoms with Crippen molar-refractivity contribution in [2.24, 2.45) is 5.92 Å². The molecule has 2 rings (SSSR count). The highest BCUT2D eigenvalue weighted by Crippen LogP contribution is 2.52. The third kappa shape index (κ3) is 2.27. The molecule has 0 spiro atoms. The van der Waals surface area contributed by atoms with Gasteiger partial charge in [-0.3, -0.25) is 9.59 Å². The standard InChI is InChI=1S/C14H15ClO3/c1-3-18-13(17)14(15)8-11(14)12(16)10-6-4-9(2)5-7-10/h4-7,11H,3,8H2,1-2H3/t11-,14-/m0/s1. The van der Waals surface area contributed by atoms with Crippen molar-refractivity contribution in [3.8, 4) is 0 Å². The average molecular weight is 267 g/mol. The minimum Gasteiger partial charge on any atom is -0.465 e. The fourth-order valence-corrected chi connectivity index (χ4v) is 2.24. The van der Waals surface area contributed by atoms with E-state index < -0.39 is 16.8 Å². The van der Waals surface area contributed by atoms with Crippen LogP contribution in [0.4, 0.5) is 0 Å². The highest BCUT2D eigenvalue weighted by molar-refractivity contribution is 6.39. The molecule has 0 radical (unpaired) electrons. The summed E-state index contributed by atoms with van der Waals surface area (Å²) in [6.45, 7) is 3.95. The van der Waals surface area contributed by atoms with Crippen molar-refractivity contribution < 1.29 is 14.3 Å². The number of halogens is 1. The van der Waals surface area contributed by atoms with Gasteiger partial charge in [-0.15, -0.1) is 11.6 Å². The summed E-state index contributed by atoms with van der Waals surface area (Å²) in [6, 6.07) is 7.27. The van der Waals surface area contributed by atoms with Gasteiger partial charge in [-0.05, 0) is 20.3 Å². The zero-order valence-corrected chi connectivity index (χ0v) is 11.2. The summed E-state index contributed by atoms with van der Waals surface area (Å²) in [4.78, 5) is 22.6. The first-order valence-corrected chi connectivity index (χ1v) is 6.34. The van der Waals surface area contributed by atoms with Gasteiger partial charge >= 0.3 is 5.97 Å². The summed E-state index contributed by atoms with van der Waals surface area (Å²) in [7, 11) is 0. The van der Waals surface area contributed by atoms with Crippen LogP contribution in [-0.4, -0.2) is 23.2 Å². The molecule has 4 heteroatoms. The minimum atomic E-state index is -1.14. The quantitative estimate of drug-likeness (QED) is 0.478. The summed E-state index contributed by atoms with van der Waals surface area (Å²) in [5.74, 6) is -1.03. The molecular formula is C14H15ClO3. The number of ketones is 1. The molecule has 0 aromatic heterocycles. The minimum absolute atomic E-state index is 0.0851. The van der Waals surface area contributed by atoms with Gasteiger partial charge < -0.3 is 4.74 Å². The maximum atomic E-state index is 12.2. The summed E-state index contributed by atoms with van der Waals surface area (Å²) < 4.78 is 4.88. The first kappa shape index (κ1) is 13.1. The van der Waals surface area contributed by atoms with Crippen molar-refractivity contribution in [2.75, 3.05) is 6.61 Å². The Morgan fingerprint density at radius 2 is 2.00 bits per heavy atom. The van der Waals surface area contributed by atoms with Crippen molar-refractivity contribution in [1.29, 1.82) is 0 Å². The molecule has 0 N–H and O–H groups in total. The molecule has 0 heterocycles. The molecular weight excluding hydrogens is 252 g/mol. The van der Waals surface area contributed by atoms with Crippen molar-refractivity contribution in [1.82, 2.24) is 0 Å². The predicted molar refractivity (Wildman–Crippen MR) is 68.8 cm³/mol. The van der Waals surface area contributed by atoms with E-state index in [2.05, 4.69) is 0 Å². The zero-order chi connectivity index (χ0) is 13.3. The van der Waals surface area contributed by atoms with E-state index >= 15 is 0 Å². The van der Waals surface area contributed by atoms with E-state index in [-0.39, 0.29) is 12.4 Å². The first-order chi connectivity index (χ1) is 8.49.